The fourth-order valence-electron chi connectivity index (χ4n) is 7.14. The molecule has 0 bridgehead atoms. The predicted molar refractivity (Wildman–Crippen MR) is 238 cm³/mol. The Morgan fingerprint density at radius 2 is 0.655 bits per heavy atom. The molecule has 2 aromatic heterocycles. The molecule has 0 atom stereocenters. The Hall–Kier alpha value is -5.84. The van der Waals surface area contributed by atoms with E-state index in [9.17, 15) is 0 Å². The van der Waals surface area contributed by atoms with Gasteiger partial charge in [-0.15, -0.1) is 16.8 Å². The van der Waals surface area contributed by atoms with Crippen LogP contribution in [0.15, 0.2) is 140 Å². The van der Waals surface area contributed by atoms with Crippen LogP contribution >= 0.6 is 11.3 Å². The Morgan fingerprint density at radius 3 is 1.15 bits per heavy atom. The van der Waals surface area contributed by atoms with E-state index < -0.39 is 0 Å². The summed E-state index contributed by atoms with van der Waals surface area (Å²) in [6.07, 6.45) is 0. The fraction of sp³-hybridized carbons (Fsp3) is 0. The minimum atomic E-state index is 0.189. The van der Waals surface area contributed by atoms with E-state index in [1.807, 2.05) is 91.0 Å². The molecule has 7 aromatic carbocycles. The standard InChI is InChI=1S/C45H23B6N3S/c46-35-31(28-14-8-3-9-15-28)39(50)42-33(36(35)47)32-37(48)40(51)38(49)34(41(32)55-42)45-53-43(29-20-16-26(17-21-29)24-10-4-1-5-11-24)52-44(54-45)30-22-18-27(19-23-30)25-12-6-2-7-13-25/h1-23H. The number of benzene rings is 7. The van der Waals surface area contributed by atoms with Gasteiger partial charge in [-0.05, 0) is 44.2 Å². The van der Waals surface area contributed by atoms with Gasteiger partial charge in [0.15, 0.2) is 17.5 Å². The van der Waals surface area contributed by atoms with Crippen LogP contribution in [-0.2, 0) is 0 Å². The van der Waals surface area contributed by atoms with Gasteiger partial charge in [-0.1, -0.05) is 167 Å². The van der Waals surface area contributed by atoms with Gasteiger partial charge in [0, 0.05) is 26.1 Å². The number of hydrogen-bond acceptors (Lipinski definition) is 4. The lowest BCUT2D eigenvalue weighted by Crippen LogP contribution is -2.41. The van der Waals surface area contributed by atoms with Crippen molar-refractivity contribution in [3.05, 3.63) is 140 Å². The monoisotopic (exact) mass is 703 g/mol. The first-order chi connectivity index (χ1) is 26.8. The Balaban J connectivity index is 1.28. The van der Waals surface area contributed by atoms with Crippen molar-refractivity contribution in [2.45, 2.75) is 0 Å². The number of nitrogens with zero attached hydrogens (tertiary/aromatic N) is 3. The number of hydrogen-bond donors (Lipinski definition) is 0. The van der Waals surface area contributed by atoms with Gasteiger partial charge in [-0.3, -0.25) is 0 Å². The predicted octanol–water partition coefficient (Wildman–Crippen LogP) is 5.00. The van der Waals surface area contributed by atoms with Gasteiger partial charge in [0.1, 0.15) is 47.1 Å². The minimum absolute atomic E-state index is 0.189. The number of rotatable bonds is 6. The summed E-state index contributed by atoms with van der Waals surface area (Å²) in [7, 11) is 40.9. The van der Waals surface area contributed by atoms with E-state index in [0.29, 0.717) is 65.2 Å². The normalized spacial score (nSPS) is 11.3. The third-order valence-corrected chi connectivity index (χ3v) is 11.3. The number of thiophene rings is 1. The Morgan fingerprint density at radius 1 is 0.291 bits per heavy atom. The smallest absolute Gasteiger partial charge is 0.164 e. The van der Waals surface area contributed by atoms with Gasteiger partial charge in [0.05, 0.1) is 0 Å². The van der Waals surface area contributed by atoms with Gasteiger partial charge < -0.3 is 0 Å². The summed E-state index contributed by atoms with van der Waals surface area (Å²) in [5, 5.41) is 1.21. The lowest BCUT2D eigenvalue weighted by molar-refractivity contribution is 1.08. The van der Waals surface area contributed by atoms with E-state index in [-0.39, 0.29) is 16.4 Å². The highest BCUT2D eigenvalue weighted by Crippen LogP contribution is 2.37. The van der Waals surface area contributed by atoms with Crippen LogP contribution in [0.3, 0.4) is 0 Å². The first kappa shape index (κ1) is 34.9. The van der Waals surface area contributed by atoms with Crippen LogP contribution in [-0.4, -0.2) is 62.0 Å². The topological polar surface area (TPSA) is 38.7 Å². The summed E-state index contributed by atoms with van der Waals surface area (Å²) in [4.78, 5) is 15.1. The van der Waals surface area contributed by atoms with Gasteiger partial charge in [0.2, 0.25) is 0 Å². The molecular formula is C45H23B6N3S. The van der Waals surface area contributed by atoms with Crippen molar-refractivity contribution in [1.29, 1.82) is 0 Å². The van der Waals surface area contributed by atoms with Gasteiger partial charge in [-0.2, -0.15) is 0 Å². The molecule has 0 fully saturated rings. The molecule has 2 heterocycles. The quantitative estimate of drug-likeness (QED) is 0.229. The molecule has 0 unspecified atom stereocenters. The van der Waals surface area contributed by atoms with Crippen molar-refractivity contribution in [3.63, 3.8) is 0 Å². The highest BCUT2D eigenvalue weighted by Gasteiger charge is 2.24. The van der Waals surface area contributed by atoms with Gasteiger partial charge >= 0.3 is 0 Å². The zero-order valence-corrected chi connectivity index (χ0v) is 30.3. The Kier molecular flexibility index (Phi) is 8.95. The summed E-state index contributed by atoms with van der Waals surface area (Å²) < 4.78 is 1.39. The molecule has 10 heteroatoms. The highest BCUT2D eigenvalue weighted by atomic mass is 32.1. The molecule has 3 nitrogen and oxygen atoms in total. The van der Waals surface area contributed by atoms with Crippen LogP contribution < -0.4 is 32.8 Å². The van der Waals surface area contributed by atoms with Gasteiger partial charge in [0.25, 0.3) is 0 Å². The van der Waals surface area contributed by atoms with E-state index in [4.69, 9.17) is 62.0 Å². The van der Waals surface area contributed by atoms with E-state index >= 15 is 0 Å². The summed E-state index contributed by atoms with van der Waals surface area (Å²) in [6.45, 7) is 0. The van der Waals surface area contributed by atoms with Crippen LogP contribution in [0.2, 0.25) is 0 Å². The zero-order valence-electron chi connectivity index (χ0n) is 29.5. The van der Waals surface area contributed by atoms with Crippen LogP contribution in [0, 0.1) is 0 Å². The van der Waals surface area contributed by atoms with Crippen LogP contribution in [0.4, 0.5) is 0 Å². The molecule has 0 aliphatic heterocycles. The molecule has 9 aromatic rings. The zero-order chi connectivity index (χ0) is 37.8. The molecule has 0 spiro atoms. The van der Waals surface area contributed by atoms with E-state index in [0.717, 1.165) is 38.9 Å². The molecule has 0 saturated heterocycles. The van der Waals surface area contributed by atoms with Crippen molar-refractivity contribution in [1.82, 2.24) is 15.0 Å². The molecular weight excluding hydrogens is 679 g/mol. The maximum Gasteiger partial charge on any atom is 0.164 e. The number of aromatic nitrogens is 3. The molecule has 0 saturated carbocycles. The molecule has 0 amide bonds. The SMILES string of the molecule is [B]c1c([B])c([B])c2c(sc3c([B])c(-c4ccccc4)c([B])c([B])c32)c1-c1nc(-c2ccc(-c3ccccc3)cc2)nc(-c2ccc(-c3ccccc3)cc2)n1. The second kappa shape index (κ2) is 14.1. The molecule has 55 heavy (non-hydrogen) atoms. The van der Waals surface area contributed by atoms with Crippen LogP contribution in [0.5, 0.6) is 0 Å². The largest absolute Gasteiger partial charge is 0.208 e. The van der Waals surface area contributed by atoms with E-state index in [1.165, 1.54) is 11.3 Å². The van der Waals surface area contributed by atoms with Crippen LogP contribution in [0.25, 0.3) is 87.7 Å². The average Bonchev–Trinajstić information content (AvgIpc) is 3.64. The lowest BCUT2D eigenvalue weighted by atomic mass is 9.66. The second-order valence-electron chi connectivity index (χ2n) is 13.3. The summed E-state index contributed by atoms with van der Waals surface area (Å²) in [5.74, 6) is 1.25. The first-order valence-corrected chi connectivity index (χ1v) is 18.4. The third kappa shape index (κ3) is 6.06. The van der Waals surface area contributed by atoms with Crippen LogP contribution in [0.1, 0.15) is 0 Å². The summed E-state index contributed by atoms with van der Waals surface area (Å²) in [5.41, 5.74) is 9.86. The molecule has 12 radical (unpaired) electrons. The molecule has 9 rings (SSSR count). The van der Waals surface area contributed by atoms with Gasteiger partial charge in [-0.25, -0.2) is 15.0 Å². The molecule has 0 N–H and O–H groups in total. The fourth-order valence-corrected chi connectivity index (χ4v) is 8.49. The van der Waals surface area contributed by atoms with E-state index in [2.05, 4.69) is 48.5 Å². The molecule has 0 aliphatic carbocycles. The maximum absolute atomic E-state index is 6.94. The minimum Gasteiger partial charge on any atom is -0.208 e. The number of fused-ring (bicyclic) bond motifs is 3. The Labute approximate surface area is 331 Å². The molecule has 242 valence electrons. The van der Waals surface area contributed by atoms with Crippen molar-refractivity contribution in [2.75, 3.05) is 0 Å². The average molecular weight is 703 g/mol. The first-order valence-electron chi connectivity index (χ1n) is 17.6. The second-order valence-corrected chi connectivity index (χ2v) is 14.3. The highest BCUT2D eigenvalue weighted by molar-refractivity contribution is 7.28. The summed E-state index contributed by atoms with van der Waals surface area (Å²) in [6, 6.07) is 46.3. The third-order valence-electron chi connectivity index (χ3n) is 10.0. The Bertz CT molecular complexity index is 2800. The summed E-state index contributed by atoms with van der Waals surface area (Å²) >= 11 is 1.40. The van der Waals surface area contributed by atoms with Crippen molar-refractivity contribution in [2.24, 2.45) is 0 Å². The van der Waals surface area contributed by atoms with Crippen molar-refractivity contribution in [3.8, 4) is 67.5 Å². The maximum atomic E-state index is 6.94. The van der Waals surface area contributed by atoms with Crippen molar-refractivity contribution < 1.29 is 0 Å². The van der Waals surface area contributed by atoms with E-state index in [1.54, 1.807) is 0 Å². The molecule has 0 aliphatic rings. The lowest BCUT2D eigenvalue weighted by Gasteiger charge is -2.18. The van der Waals surface area contributed by atoms with Crippen molar-refractivity contribution >= 4 is 111 Å².